The first kappa shape index (κ1) is 13.2. The van der Waals surface area contributed by atoms with Crippen LogP contribution in [0.15, 0.2) is 12.1 Å². The second-order valence-electron chi connectivity index (χ2n) is 6.07. The van der Waals surface area contributed by atoms with E-state index < -0.39 is 11.9 Å². The van der Waals surface area contributed by atoms with Crippen molar-refractivity contribution in [2.75, 3.05) is 0 Å². The van der Waals surface area contributed by atoms with Crippen LogP contribution in [0.25, 0.3) is 0 Å². The number of carbonyl (C=O) groups excluding carboxylic acids is 4. The van der Waals surface area contributed by atoms with Gasteiger partial charge in [-0.15, -0.1) is 0 Å². The molecule has 3 aliphatic rings. The molecule has 2 aliphatic heterocycles. The van der Waals surface area contributed by atoms with Gasteiger partial charge in [0, 0.05) is 31.4 Å². The van der Waals surface area contributed by atoms with Gasteiger partial charge in [-0.2, -0.15) is 0 Å². The smallest absolute Gasteiger partial charge is 0.255 e. The van der Waals surface area contributed by atoms with Crippen molar-refractivity contribution in [1.29, 1.82) is 0 Å². The van der Waals surface area contributed by atoms with Gasteiger partial charge in [0.15, 0.2) is 0 Å². The fourth-order valence-electron chi connectivity index (χ4n) is 3.53. The summed E-state index contributed by atoms with van der Waals surface area (Å²) in [4.78, 5) is 48.8. The highest BCUT2D eigenvalue weighted by atomic mass is 16.2. The lowest BCUT2D eigenvalue weighted by Crippen LogP contribution is -2.52. The van der Waals surface area contributed by atoms with Gasteiger partial charge in [-0.1, -0.05) is 6.07 Å². The van der Waals surface area contributed by atoms with Gasteiger partial charge in [0.05, 0.1) is 0 Å². The molecule has 6 heteroatoms. The summed E-state index contributed by atoms with van der Waals surface area (Å²) in [6.45, 7) is 0.363. The number of nitrogens with zero attached hydrogens (tertiary/aromatic N) is 1. The molecule has 22 heavy (non-hydrogen) atoms. The Hall–Kier alpha value is -2.50. The van der Waals surface area contributed by atoms with Crippen molar-refractivity contribution >= 4 is 23.5 Å². The highest BCUT2D eigenvalue weighted by Crippen LogP contribution is 2.32. The minimum Gasteiger partial charge on any atom is -0.322 e. The maximum atomic E-state index is 12.6. The largest absolute Gasteiger partial charge is 0.322 e. The zero-order valence-corrected chi connectivity index (χ0v) is 11.8. The number of fused-ring (bicyclic) bond motifs is 2. The molecule has 0 radical (unpaired) electrons. The maximum absolute atomic E-state index is 12.6. The van der Waals surface area contributed by atoms with Crippen LogP contribution in [-0.4, -0.2) is 34.4 Å². The van der Waals surface area contributed by atoms with E-state index in [1.807, 2.05) is 6.07 Å². The lowest BCUT2D eigenvalue weighted by molar-refractivity contribution is -0.137. The van der Waals surface area contributed by atoms with Crippen molar-refractivity contribution < 1.29 is 19.2 Å². The molecule has 112 valence electrons. The molecule has 1 unspecified atom stereocenters. The number of Topliss-reactive ketones (excluding diaryl/α,β-unsaturated/α-hetero) is 1. The average molecular weight is 298 g/mol. The molecule has 1 fully saturated rings. The third kappa shape index (κ3) is 1.87. The average Bonchev–Trinajstić information content (AvgIpc) is 2.96. The summed E-state index contributed by atoms with van der Waals surface area (Å²) in [6, 6.07) is 3.12. The van der Waals surface area contributed by atoms with Crippen LogP contribution >= 0.6 is 0 Å². The number of rotatable bonds is 1. The van der Waals surface area contributed by atoms with E-state index in [1.54, 1.807) is 6.07 Å². The van der Waals surface area contributed by atoms with Crippen LogP contribution in [0.5, 0.6) is 0 Å². The summed E-state index contributed by atoms with van der Waals surface area (Å²) < 4.78 is 0. The first-order valence-electron chi connectivity index (χ1n) is 7.34. The molecule has 1 aromatic carbocycles. The predicted octanol–water partition coefficient (Wildman–Crippen LogP) is 0.115. The third-order valence-electron chi connectivity index (χ3n) is 4.62. The Morgan fingerprint density at radius 3 is 2.45 bits per heavy atom. The Morgan fingerprint density at radius 1 is 1.00 bits per heavy atom. The van der Waals surface area contributed by atoms with E-state index >= 15 is 0 Å². The highest BCUT2D eigenvalue weighted by molar-refractivity contribution is 6.05. The van der Waals surface area contributed by atoms with E-state index in [4.69, 9.17) is 0 Å². The number of imide groups is 1. The van der Waals surface area contributed by atoms with Crippen LogP contribution in [-0.2, 0) is 33.8 Å². The van der Waals surface area contributed by atoms with Crippen molar-refractivity contribution in [2.24, 2.45) is 0 Å². The molecule has 1 N–H and O–H groups in total. The summed E-state index contributed by atoms with van der Waals surface area (Å²) >= 11 is 0. The Balaban J connectivity index is 1.64. The van der Waals surface area contributed by atoms with Crippen molar-refractivity contribution in [3.05, 3.63) is 34.4 Å². The fourth-order valence-corrected chi connectivity index (χ4v) is 3.53. The first-order valence-corrected chi connectivity index (χ1v) is 7.34. The van der Waals surface area contributed by atoms with E-state index in [2.05, 4.69) is 5.32 Å². The van der Waals surface area contributed by atoms with Crippen molar-refractivity contribution in [1.82, 2.24) is 10.2 Å². The molecule has 2 heterocycles. The molecule has 1 atom stereocenters. The summed E-state index contributed by atoms with van der Waals surface area (Å²) in [6.07, 6.45) is 1.42. The van der Waals surface area contributed by atoms with Gasteiger partial charge >= 0.3 is 0 Å². The highest BCUT2D eigenvalue weighted by Gasteiger charge is 2.39. The van der Waals surface area contributed by atoms with Crippen LogP contribution in [0.1, 0.15) is 39.9 Å². The van der Waals surface area contributed by atoms with E-state index in [1.165, 1.54) is 4.90 Å². The number of hydrogen-bond acceptors (Lipinski definition) is 4. The Kier molecular flexibility index (Phi) is 2.69. The molecule has 1 aromatic rings. The molecule has 6 nitrogen and oxygen atoms in total. The summed E-state index contributed by atoms with van der Waals surface area (Å²) in [5.41, 5.74) is 3.35. The molecule has 0 bridgehead atoms. The van der Waals surface area contributed by atoms with E-state index in [0.29, 0.717) is 31.4 Å². The normalized spacial score (nSPS) is 23.6. The monoisotopic (exact) mass is 298 g/mol. The van der Waals surface area contributed by atoms with Crippen LogP contribution in [0.4, 0.5) is 0 Å². The number of nitrogens with one attached hydrogen (secondary N) is 1. The zero-order chi connectivity index (χ0) is 15.4. The molecular weight excluding hydrogens is 284 g/mol. The first-order chi connectivity index (χ1) is 10.5. The molecule has 4 rings (SSSR count). The Labute approximate surface area is 126 Å². The molecule has 1 aliphatic carbocycles. The van der Waals surface area contributed by atoms with Crippen LogP contribution in [0, 0.1) is 0 Å². The number of amides is 3. The number of ketones is 1. The summed E-state index contributed by atoms with van der Waals surface area (Å²) in [5.74, 6) is -0.706. The molecule has 0 aromatic heterocycles. The lowest BCUT2D eigenvalue weighted by atomic mass is 10.0. The van der Waals surface area contributed by atoms with Gasteiger partial charge in [-0.05, 0) is 29.2 Å². The second kappa shape index (κ2) is 4.50. The van der Waals surface area contributed by atoms with Gasteiger partial charge in [-0.25, -0.2) is 0 Å². The summed E-state index contributed by atoms with van der Waals surface area (Å²) in [7, 11) is 0. The Bertz CT molecular complexity index is 753. The van der Waals surface area contributed by atoms with E-state index in [0.717, 1.165) is 16.7 Å². The number of carbonyl (C=O) groups is 4. The zero-order valence-electron chi connectivity index (χ0n) is 11.8. The molecule has 1 saturated heterocycles. The van der Waals surface area contributed by atoms with E-state index in [-0.39, 0.29) is 24.0 Å². The quantitative estimate of drug-likeness (QED) is 0.746. The molecule has 0 spiro atoms. The molecular formula is C16H14N2O4. The SMILES string of the molecule is O=C1Cc2cc3c(cc2C1)C(=O)N(C1CCC(=O)NC1=O)C3. The summed E-state index contributed by atoms with van der Waals surface area (Å²) in [5, 5.41) is 2.29. The van der Waals surface area contributed by atoms with Gasteiger partial charge in [0.1, 0.15) is 11.8 Å². The topological polar surface area (TPSA) is 83.6 Å². The molecule has 3 amide bonds. The molecule has 0 saturated carbocycles. The van der Waals surface area contributed by atoms with Gasteiger partial charge < -0.3 is 4.90 Å². The van der Waals surface area contributed by atoms with E-state index in [9.17, 15) is 19.2 Å². The fraction of sp³-hybridized carbons (Fsp3) is 0.375. The number of piperidine rings is 1. The van der Waals surface area contributed by atoms with Crippen molar-refractivity contribution in [3.63, 3.8) is 0 Å². The third-order valence-corrected chi connectivity index (χ3v) is 4.62. The Morgan fingerprint density at radius 2 is 1.73 bits per heavy atom. The second-order valence-corrected chi connectivity index (χ2v) is 6.07. The van der Waals surface area contributed by atoms with Crippen molar-refractivity contribution in [2.45, 2.75) is 38.3 Å². The standard InChI is InChI=1S/C16H14N2O4/c19-11-4-8-3-10-7-18(13-1-2-14(20)17-15(13)21)16(22)12(10)6-9(8)5-11/h3,6,13H,1-2,4-5,7H2,(H,17,20,21). The lowest BCUT2D eigenvalue weighted by Gasteiger charge is -2.29. The number of benzene rings is 1. The van der Waals surface area contributed by atoms with Crippen LogP contribution < -0.4 is 5.32 Å². The number of hydrogen-bond donors (Lipinski definition) is 1. The van der Waals surface area contributed by atoms with Crippen molar-refractivity contribution in [3.8, 4) is 0 Å². The van der Waals surface area contributed by atoms with Crippen LogP contribution in [0.2, 0.25) is 0 Å². The van der Waals surface area contributed by atoms with Crippen LogP contribution in [0.3, 0.4) is 0 Å². The maximum Gasteiger partial charge on any atom is 0.255 e. The van der Waals surface area contributed by atoms with Gasteiger partial charge in [-0.3, -0.25) is 24.5 Å². The predicted molar refractivity (Wildman–Crippen MR) is 74.9 cm³/mol. The van der Waals surface area contributed by atoms with Gasteiger partial charge in [0.2, 0.25) is 11.8 Å². The minimum atomic E-state index is -0.589. The van der Waals surface area contributed by atoms with Gasteiger partial charge in [0.25, 0.3) is 5.91 Å². The minimum absolute atomic E-state index is 0.174.